The quantitative estimate of drug-likeness (QED) is 0.833. The van der Waals surface area contributed by atoms with Crippen LogP contribution in [0.3, 0.4) is 0 Å². The zero-order valence-electron chi connectivity index (χ0n) is 12.4. The number of hydrogen-bond acceptors (Lipinski definition) is 3. The summed E-state index contributed by atoms with van der Waals surface area (Å²) in [6, 6.07) is 1.18. The molecule has 4 heteroatoms. The van der Waals surface area contributed by atoms with Crippen molar-refractivity contribution >= 4 is 5.97 Å². The molecule has 0 amide bonds. The first-order valence-electron chi connectivity index (χ1n) is 7.46. The van der Waals surface area contributed by atoms with Crippen LogP contribution in [0.4, 0.5) is 0 Å². The van der Waals surface area contributed by atoms with Gasteiger partial charge in [-0.05, 0) is 52.4 Å². The van der Waals surface area contributed by atoms with Crippen molar-refractivity contribution < 1.29 is 14.6 Å². The first-order chi connectivity index (χ1) is 8.85. The van der Waals surface area contributed by atoms with E-state index in [4.69, 9.17) is 9.84 Å². The smallest absolute Gasteiger partial charge is 0.303 e. The number of carbonyl (C=O) groups is 1. The topological polar surface area (TPSA) is 49.8 Å². The summed E-state index contributed by atoms with van der Waals surface area (Å²) in [5.41, 5.74) is -0.0688. The second kappa shape index (κ2) is 5.80. The summed E-state index contributed by atoms with van der Waals surface area (Å²) in [6.07, 6.45) is 4.92. The molecule has 0 aliphatic carbocycles. The Morgan fingerprint density at radius 1 is 1.26 bits per heavy atom. The average Bonchev–Trinajstić information content (AvgIpc) is 2.51. The summed E-state index contributed by atoms with van der Waals surface area (Å²) in [7, 11) is 0. The molecule has 0 aromatic carbocycles. The Balaban J connectivity index is 1.80. The van der Waals surface area contributed by atoms with Crippen molar-refractivity contribution in [1.29, 1.82) is 0 Å². The maximum absolute atomic E-state index is 10.8. The molecule has 0 spiro atoms. The molecule has 2 atom stereocenters. The lowest BCUT2D eigenvalue weighted by atomic mass is 9.88. The number of nitrogens with zero attached hydrogens (tertiary/aromatic N) is 1. The lowest BCUT2D eigenvalue weighted by molar-refractivity contribution is -0.138. The molecule has 0 saturated carbocycles. The van der Waals surface area contributed by atoms with E-state index in [1.165, 1.54) is 12.8 Å². The van der Waals surface area contributed by atoms with E-state index in [-0.39, 0.29) is 5.60 Å². The molecule has 2 rings (SSSR count). The maximum atomic E-state index is 10.8. The maximum Gasteiger partial charge on any atom is 0.303 e. The molecule has 2 bridgehead atoms. The summed E-state index contributed by atoms with van der Waals surface area (Å²) < 4.78 is 5.81. The van der Waals surface area contributed by atoms with Gasteiger partial charge in [0.15, 0.2) is 0 Å². The molecule has 2 fully saturated rings. The van der Waals surface area contributed by atoms with Crippen LogP contribution in [0.5, 0.6) is 0 Å². The molecule has 4 nitrogen and oxygen atoms in total. The van der Waals surface area contributed by atoms with Gasteiger partial charge < -0.3 is 9.84 Å². The van der Waals surface area contributed by atoms with Gasteiger partial charge in [0.05, 0.1) is 12.2 Å². The molecule has 2 unspecified atom stereocenters. The average molecular weight is 269 g/mol. The molecule has 2 aliphatic heterocycles. The second-order valence-electron chi connectivity index (χ2n) is 7.02. The minimum absolute atomic E-state index is 0.0688. The summed E-state index contributed by atoms with van der Waals surface area (Å²) in [6.45, 7) is 8.02. The number of aliphatic carboxylic acids is 1. The highest BCUT2D eigenvalue weighted by Gasteiger charge is 2.40. The molecule has 0 aromatic rings. The Kier molecular flexibility index (Phi) is 4.51. The first kappa shape index (κ1) is 14.8. The first-order valence-corrected chi connectivity index (χ1v) is 7.46. The fourth-order valence-electron chi connectivity index (χ4n) is 3.62. The third-order valence-electron chi connectivity index (χ3n) is 4.33. The van der Waals surface area contributed by atoms with Crippen LogP contribution in [0.2, 0.25) is 0 Å². The van der Waals surface area contributed by atoms with Gasteiger partial charge in [0.2, 0.25) is 0 Å². The zero-order valence-corrected chi connectivity index (χ0v) is 12.4. The fraction of sp³-hybridized carbons (Fsp3) is 0.933. The van der Waals surface area contributed by atoms with Crippen molar-refractivity contribution in [3.05, 3.63) is 0 Å². The van der Waals surface area contributed by atoms with E-state index >= 15 is 0 Å². The van der Waals surface area contributed by atoms with Crippen molar-refractivity contribution in [2.75, 3.05) is 13.2 Å². The van der Waals surface area contributed by atoms with Crippen LogP contribution in [0.15, 0.2) is 0 Å². The standard InChI is InChI=1S/C15H27NO3/c1-15(2,3)19-7-6-16-12-4-5-13(16)9-11(8-12)10-14(17)18/h11-13H,4-10H2,1-3H3,(H,17,18). The normalized spacial score (nSPS) is 31.6. The van der Waals surface area contributed by atoms with Crippen molar-refractivity contribution in [3.8, 4) is 0 Å². The lowest BCUT2D eigenvalue weighted by Gasteiger charge is -2.39. The van der Waals surface area contributed by atoms with Crippen molar-refractivity contribution in [1.82, 2.24) is 4.90 Å². The van der Waals surface area contributed by atoms with Gasteiger partial charge in [0.25, 0.3) is 0 Å². The second-order valence-corrected chi connectivity index (χ2v) is 7.02. The summed E-state index contributed by atoms with van der Waals surface area (Å²) in [5.74, 6) is -0.260. The molecular weight excluding hydrogens is 242 g/mol. The van der Waals surface area contributed by atoms with Crippen LogP contribution in [-0.4, -0.2) is 46.8 Å². The number of piperidine rings is 1. The minimum Gasteiger partial charge on any atom is -0.481 e. The minimum atomic E-state index is -0.645. The Bertz CT molecular complexity index is 310. The largest absolute Gasteiger partial charge is 0.481 e. The highest BCUT2D eigenvalue weighted by atomic mass is 16.5. The molecule has 2 saturated heterocycles. The molecule has 0 aromatic heterocycles. The SMILES string of the molecule is CC(C)(C)OCCN1C2CCC1CC(CC(=O)O)C2. The summed E-state index contributed by atoms with van der Waals surface area (Å²) >= 11 is 0. The Morgan fingerprint density at radius 3 is 2.32 bits per heavy atom. The number of ether oxygens (including phenoxy) is 1. The van der Waals surface area contributed by atoms with E-state index in [2.05, 4.69) is 25.7 Å². The van der Waals surface area contributed by atoms with Crippen LogP contribution >= 0.6 is 0 Å². The highest BCUT2D eigenvalue weighted by molar-refractivity contribution is 5.67. The summed E-state index contributed by atoms with van der Waals surface area (Å²) in [4.78, 5) is 13.4. The van der Waals surface area contributed by atoms with E-state index in [0.717, 1.165) is 26.0 Å². The molecular formula is C15H27NO3. The highest BCUT2D eigenvalue weighted by Crippen LogP contribution is 2.39. The zero-order chi connectivity index (χ0) is 14.0. The van der Waals surface area contributed by atoms with E-state index < -0.39 is 5.97 Å². The Morgan fingerprint density at radius 2 is 1.84 bits per heavy atom. The van der Waals surface area contributed by atoms with E-state index in [1.54, 1.807) is 0 Å². The Labute approximate surface area is 116 Å². The number of fused-ring (bicyclic) bond motifs is 2. The molecule has 2 aliphatic rings. The van der Waals surface area contributed by atoms with Crippen LogP contribution in [-0.2, 0) is 9.53 Å². The van der Waals surface area contributed by atoms with Crippen LogP contribution in [0.1, 0.15) is 52.9 Å². The van der Waals surface area contributed by atoms with E-state index in [0.29, 0.717) is 24.4 Å². The van der Waals surface area contributed by atoms with Crippen LogP contribution in [0.25, 0.3) is 0 Å². The third kappa shape index (κ3) is 4.18. The van der Waals surface area contributed by atoms with Gasteiger partial charge in [-0.2, -0.15) is 0 Å². The van der Waals surface area contributed by atoms with E-state index in [1.807, 2.05) is 0 Å². The van der Waals surface area contributed by atoms with Crippen LogP contribution in [0, 0.1) is 5.92 Å². The van der Waals surface area contributed by atoms with Gasteiger partial charge in [0.1, 0.15) is 0 Å². The van der Waals surface area contributed by atoms with Gasteiger partial charge in [-0.1, -0.05) is 0 Å². The molecule has 110 valence electrons. The van der Waals surface area contributed by atoms with Gasteiger partial charge in [-0.3, -0.25) is 9.69 Å². The molecule has 19 heavy (non-hydrogen) atoms. The van der Waals surface area contributed by atoms with Crippen LogP contribution < -0.4 is 0 Å². The van der Waals surface area contributed by atoms with Crippen molar-refractivity contribution in [2.45, 2.75) is 70.6 Å². The Hall–Kier alpha value is -0.610. The fourth-order valence-corrected chi connectivity index (χ4v) is 3.62. The van der Waals surface area contributed by atoms with E-state index in [9.17, 15) is 4.79 Å². The lowest BCUT2D eigenvalue weighted by Crippen LogP contribution is -2.45. The van der Waals surface area contributed by atoms with Gasteiger partial charge in [-0.15, -0.1) is 0 Å². The molecule has 0 radical (unpaired) electrons. The number of hydrogen-bond donors (Lipinski definition) is 1. The summed E-state index contributed by atoms with van der Waals surface area (Å²) in [5, 5.41) is 8.92. The third-order valence-corrected chi connectivity index (χ3v) is 4.33. The number of rotatable bonds is 5. The van der Waals surface area contributed by atoms with Gasteiger partial charge in [-0.25, -0.2) is 0 Å². The van der Waals surface area contributed by atoms with Gasteiger partial charge in [0, 0.05) is 25.0 Å². The monoisotopic (exact) mass is 269 g/mol. The van der Waals surface area contributed by atoms with Crippen molar-refractivity contribution in [3.63, 3.8) is 0 Å². The van der Waals surface area contributed by atoms with Gasteiger partial charge >= 0.3 is 5.97 Å². The molecule has 2 heterocycles. The number of carboxylic acid groups (broad SMARTS) is 1. The predicted molar refractivity (Wildman–Crippen MR) is 74.2 cm³/mol. The molecule has 1 N–H and O–H groups in total. The van der Waals surface area contributed by atoms with Crippen molar-refractivity contribution in [2.24, 2.45) is 5.92 Å². The number of carboxylic acids is 1. The predicted octanol–water partition coefficient (Wildman–Crippen LogP) is 2.52.